The molecular weight excluding hydrogens is 566 g/mol. The number of nitrogens with one attached hydrogen (secondary N) is 1. The van der Waals surface area contributed by atoms with E-state index >= 15 is 0 Å². The zero-order valence-corrected chi connectivity index (χ0v) is 20.2. The summed E-state index contributed by atoms with van der Waals surface area (Å²) in [6.45, 7) is -0.490. The molecule has 1 aromatic heterocycles. The summed E-state index contributed by atoms with van der Waals surface area (Å²) in [7, 11) is -5.15. The average Bonchev–Trinajstić information content (AvgIpc) is 2.85. The van der Waals surface area contributed by atoms with Crippen LogP contribution < -0.4 is 20.4 Å². The molecule has 0 amide bonds. The molecule has 1 aromatic rings. The minimum atomic E-state index is -5.15. The van der Waals surface area contributed by atoms with Crippen LogP contribution in [0.25, 0.3) is 0 Å². The van der Waals surface area contributed by atoms with Crippen LogP contribution in [0.3, 0.4) is 0 Å². The van der Waals surface area contributed by atoms with Crippen molar-refractivity contribution in [1.29, 1.82) is 5.41 Å². The Balaban J connectivity index is -0.000000751. The van der Waals surface area contributed by atoms with Crippen LogP contribution in [0, 0.1) is 5.41 Å². The first-order valence-electron chi connectivity index (χ1n) is 6.67. The normalized spacial score (nSPS) is 22.7. The van der Waals surface area contributed by atoms with Crippen LogP contribution >= 0.6 is 7.82 Å². The SMILES string of the molecule is N=c1ccn(C2CC(O)C(COP(=O)([O-])[O-])O2)c([O-])n1.OCC[S-].[H+].[H+].[Hg+2]. The van der Waals surface area contributed by atoms with Crippen molar-refractivity contribution < 1.29 is 69.5 Å². The number of ether oxygens (including phenoxy) is 1. The Morgan fingerprint density at radius 2 is 2.20 bits per heavy atom. The third-order valence-corrected chi connectivity index (χ3v) is 3.48. The summed E-state index contributed by atoms with van der Waals surface area (Å²) >= 11 is 4.30. The Labute approximate surface area is 172 Å². The number of phosphoric acid groups is 1. The molecule has 1 saturated heterocycles. The Morgan fingerprint density at radius 3 is 2.68 bits per heavy atom. The van der Waals surface area contributed by atoms with Gasteiger partial charge in [-0.15, -0.1) is 0 Å². The Hall–Kier alpha value is -0.0449. The topological polar surface area (TPSA) is 187 Å². The second-order valence-electron chi connectivity index (χ2n) is 4.61. The van der Waals surface area contributed by atoms with Crippen LogP contribution in [-0.2, 0) is 54.1 Å². The molecule has 2 rings (SSSR count). The molecule has 0 saturated carbocycles. The fourth-order valence-electron chi connectivity index (χ4n) is 1.83. The molecule has 14 heteroatoms. The van der Waals surface area contributed by atoms with E-state index in [1.807, 2.05) is 0 Å². The van der Waals surface area contributed by atoms with Gasteiger partial charge in [0.15, 0.2) is 0 Å². The molecule has 3 unspecified atom stereocenters. The van der Waals surface area contributed by atoms with Gasteiger partial charge < -0.3 is 56.1 Å². The number of aliphatic hydroxyl groups excluding tert-OH is 2. The second kappa shape index (κ2) is 11.6. The summed E-state index contributed by atoms with van der Waals surface area (Å²) in [4.78, 5) is 24.1. The molecule has 138 valence electrons. The zero-order chi connectivity index (χ0) is 18.3. The Kier molecular flexibility index (Phi) is 11.6. The van der Waals surface area contributed by atoms with Crippen molar-refractivity contribution in [3.8, 4) is 6.01 Å². The quantitative estimate of drug-likeness (QED) is 0.180. The Bertz CT molecular complexity index is 638. The van der Waals surface area contributed by atoms with E-state index in [-0.39, 0.29) is 49.0 Å². The molecule has 1 aliphatic rings. The van der Waals surface area contributed by atoms with E-state index in [9.17, 15) is 24.6 Å². The zero-order valence-electron chi connectivity index (χ0n) is 15.0. The van der Waals surface area contributed by atoms with Crippen molar-refractivity contribution in [1.82, 2.24) is 9.55 Å². The fraction of sp³-hybridized carbons (Fsp3) is 0.636. The largest absolute Gasteiger partial charge is 2.00 e. The van der Waals surface area contributed by atoms with Crippen molar-refractivity contribution in [2.45, 2.75) is 24.9 Å². The minimum Gasteiger partial charge on any atom is -0.846 e. The number of rotatable bonds is 5. The van der Waals surface area contributed by atoms with Crippen molar-refractivity contribution in [3.05, 3.63) is 17.8 Å². The van der Waals surface area contributed by atoms with Gasteiger partial charge in [0.1, 0.15) is 17.8 Å². The van der Waals surface area contributed by atoms with Gasteiger partial charge in [-0.3, -0.25) is 5.41 Å². The molecule has 25 heavy (non-hydrogen) atoms. The van der Waals surface area contributed by atoms with E-state index in [0.717, 1.165) is 4.57 Å². The molecule has 0 aliphatic carbocycles. The van der Waals surface area contributed by atoms with Crippen LogP contribution in [0.15, 0.2) is 12.3 Å². The fourth-order valence-corrected chi connectivity index (χ4v) is 2.16. The van der Waals surface area contributed by atoms with Crippen molar-refractivity contribution in [3.63, 3.8) is 0 Å². The number of hydrogen-bond donors (Lipinski definition) is 3. The van der Waals surface area contributed by atoms with Gasteiger partial charge in [-0.05, 0) is 6.07 Å². The van der Waals surface area contributed by atoms with Gasteiger partial charge in [-0.2, -0.15) is 5.75 Å². The summed E-state index contributed by atoms with van der Waals surface area (Å²) in [6.07, 6.45) is -1.70. The van der Waals surface area contributed by atoms with Gasteiger partial charge in [0, 0.05) is 19.2 Å². The number of phosphoric ester groups is 1. The van der Waals surface area contributed by atoms with E-state index in [0.29, 0.717) is 5.75 Å². The van der Waals surface area contributed by atoms with Gasteiger partial charge in [0.2, 0.25) is 0 Å². The smallest absolute Gasteiger partial charge is 0.846 e. The Morgan fingerprint density at radius 1 is 1.60 bits per heavy atom. The van der Waals surface area contributed by atoms with E-state index in [4.69, 9.17) is 15.3 Å². The summed E-state index contributed by atoms with van der Waals surface area (Å²) in [6, 6.07) is 0.541. The molecule has 0 aromatic carbocycles. The average molecular weight is 584 g/mol. The maximum Gasteiger partial charge on any atom is 2.00 e. The molecule has 0 spiro atoms. The molecule has 3 atom stereocenters. The van der Waals surface area contributed by atoms with Crippen LogP contribution in [0.5, 0.6) is 6.01 Å². The number of aliphatic hydroxyl groups is 2. The van der Waals surface area contributed by atoms with Gasteiger partial charge in [-0.25, -0.2) is 4.98 Å². The maximum atomic E-state index is 11.6. The third-order valence-electron chi connectivity index (χ3n) is 2.83. The minimum absolute atomic E-state index is 0. The molecule has 1 fully saturated rings. The maximum absolute atomic E-state index is 11.6. The van der Waals surface area contributed by atoms with Gasteiger partial charge in [0.25, 0.3) is 0 Å². The summed E-state index contributed by atoms with van der Waals surface area (Å²) < 4.78 is 20.7. The monoisotopic (exact) mass is 585 g/mol. The molecular formula is C11H18HgN3O8PS. The summed E-state index contributed by atoms with van der Waals surface area (Å²) in [5.41, 5.74) is -0.205. The van der Waals surface area contributed by atoms with Crippen LogP contribution in [-0.4, -0.2) is 50.9 Å². The molecule has 0 radical (unpaired) electrons. The second-order valence-corrected chi connectivity index (χ2v) is 6.17. The van der Waals surface area contributed by atoms with Crippen molar-refractivity contribution in [2.75, 3.05) is 19.0 Å². The first-order valence-corrected chi connectivity index (χ1v) is 8.71. The van der Waals surface area contributed by atoms with E-state index in [1.54, 1.807) is 0 Å². The number of aromatic nitrogens is 2. The predicted octanol–water partition coefficient (Wildman–Crippen LogP) is -3.32. The van der Waals surface area contributed by atoms with Crippen LogP contribution in [0.4, 0.5) is 0 Å². The molecule has 1 aliphatic heterocycles. The summed E-state index contributed by atoms with van der Waals surface area (Å²) in [5.74, 6) is 0.458. The molecule has 2 heterocycles. The predicted molar refractivity (Wildman–Crippen MR) is 77.2 cm³/mol. The number of nitrogens with zero attached hydrogens (tertiary/aromatic N) is 2. The molecule has 11 nitrogen and oxygen atoms in total. The van der Waals surface area contributed by atoms with Gasteiger partial charge >= 0.3 is 30.5 Å². The van der Waals surface area contributed by atoms with Crippen molar-refractivity contribution >= 4 is 20.5 Å². The van der Waals surface area contributed by atoms with E-state index in [2.05, 4.69) is 22.1 Å². The van der Waals surface area contributed by atoms with E-state index < -0.39 is 38.9 Å². The number of hydrogen-bond acceptors (Lipinski definition) is 11. The van der Waals surface area contributed by atoms with E-state index in [1.165, 1.54) is 12.3 Å². The van der Waals surface area contributed by atoms with Crippen molar-refractivity contribution in [2.24, 2.45) is 0 Å². The standard InChI is InChI=1S/C9H14N3O7P.C2H6OS.Hg/c10-7-1-2-12(9(14)11-7)8-3-5(13)6(19-8)4-18-20(15,16)17;3-1-2-4;/h1-2,5-6,8,13H,3-4H2,(H2,10,11,14)(H2,15,16,17);3-4H,1-2H2;/q;;+2/p-2. The third kappa shape index (κ3) is 8.93. The van der Waals surface area contributed by atoms with Gasteiger partial charge in [-0.1, -0.05) is 0 Å². The van der Waals surface area contributed by atoms with Gasteiger partial charge in [0.05, 0.1) is 26.5 Å². The van der Waals surface area contributed by atoms with Crippen LogP contribution in [0.1, 0.15) is 15.5 Å². The summed E-state index contributed by atoms with van der Waals surface area (Å²) in [5, 5.41) is 36.2. The molecule has 3 N–H and O–H groups in total. The van der Waals surface area contributed by atoms with Crippen LogP contribution in [0.2, 0.25) is 0 Å². The molecule has 0 bridgehead atoms. The first kappa shape index (κ1) is 25.0. The first-order chi connectivity index (χ1) is 11.2.